The Morgan fingerprint density at radius 3 is 2.68 bits per heavy atom. The van der Waals surface area contributed by atoms with Crippen molar-refractivity contribution in [3.8, 4) is 0 Å². The first-order chi connectivity index (χ1) is 10.7. The minimum Gasteiger partial charge on any atom is -0.332 e. The van der Waals surface area contributed by atoms with Gasteiger partial charge in [0.05, 0.1) is 13.1 Å². The molecule has 0 saturated heterocycles. The van der Waals surface area contributed by atoms with Crippen LogP contribution in [-0.2, 0) is 17.9 Å². The molecule has 0 fully saturated rings. The minimum atomic E-state index is 0.110. The van der Waals surface area contributed by atoms with Crippen molar-refractivity contribution in [2.75, 3.05) is 13.1 Å². The van der Waals surface area contributed by atoms with Gasteiger partial charge < -0.3 is 10.2 Å². The van der Waals surface area contributed by atoms with Gasteiger partial charge in [-0.1, -0.05) is 36.4 Å². The molecular formula is C18H22N2OS. The molecule has 0 spiro atoms. The smallest absolute Gasteiger partial charge is 0.237 e. The quantitative estimate of drug-likeness (QED) is 0.598. The molecule has 1 amide bonds. The average Bonchev–Trinajstić information content (AvgIpc) is 2.93. The van der Waals surface area contributed by atoms with Gasteiger partial charge >= 0.3 is 0 Å². The molecule has 0 aliphatic heterocycles. The van der Waals surface area contributed by atoms with Crippen molar-refractivity contribution in [3.05, 3.63) is 70.4 Å². The van der Waals surface area contributed by atoms with E-state index in [9.17, 15) is 4.79 Å². The Hall–Kier alpha value is -1.91. The summed E-state index contributed by atoms with van der Waals surface area (Å²) in [5, 5.41) is 5.16. The second kappa shape index (κ2) is 8.51. The van der Waals surface area contributed by atoms with Gasteiger partial charge in [-0.2, -0.15) is 0 Å². The molecule has 3 nitrogen and oxygen atoms in total. The molecule has 0 radical (unpaired) electrons. The van der Waals surface area contributed by atoms with E-state index in [1.165, 1.54) is 10.4 Å². The van der Waals surface area contributed by atoms with E-state index in [1.807, 2.05) is 23.1 Å². The molecule has 1 aromatic carbocycles. The summed E-state index contributed by atoms with van der Waals surface area (Å²) >= 11 is 1.70. The van der Waals surface area contributed by atoms with Gasteiger partial charge in [0.25, 0.3) is 0 Å². The van der Waals surface area contributed by atoms with Crippen molar-refractivity contribution in [1.29, 1.82) is 0 Å². The highest BCUT2D eigenvalue weighted by atomic mass is 32.1. The first kappa shape index (κ1) is 16.5. The summed E-state index contributed by atoms with van der Waals surface area (Å²) in [4.78, 5) is 15.6. The molecular weight excluding hydrogens is 292 g/mol. The maximum Gasteiger partial charge on any atom is 0.237 e. The topological polar surface area (TPSA) is 32.3 Å². The third-order valence-electron chi connectivity index (χ3n) is 3.44. The summed E-state index contributed by atoms with van der Waals surface area (Å²) in [7, 11) is 0. The SMILES string of the molecule is C=CCNCC(=O)N(Cc1ccccc1)Cc1sccc1C. The summed E-state index contributed by atoms with van der Waals surface area (Å²) in [6.07, 6.45) is 1.76. The van der Waals surface area contributed by atoms with E-state index in [4.69, 9.17) is 0 Å². The monoisotopic (exact) mass is 314 g/mol. The van der Waals surface area contributed by atoms with Crippen LogP contribution in [0.1, 0.15) is 16.0 Å². The molecule has 2 rings (SSSR count). The molecule has 1 heterocycles. The van der Waals surface area contributed by atoms with Crippen molar-refractivity contribution in [1.82, 2.24) is 10.2 Å². The van der Waals surface area contributed by atoms with Crippen LogP contribution in [-0.4, -0.2) is 23.9 Å². The van der Waals surface area contributed by atoms with E-state index in [0.29, 0.717) is 26.2 Å². The first-order valence-electron chi connectivity index (χ1n) is 7.37. The number of carbonyl (C=O) groups excluding carboxylic acids is 1. The molecule has 4 heteroatoms. The van der Waals surface area contributed by atoms with Gasteiger partial charge in [-0.15, -0.1) is 17.9 Å². The number of thiophene rings is 1. The van der Waals surface area contributed by atoms with E-state index in [-0.39, 0.29) is 5.91 Å². The van der Waals surface area contributed by atoms with E-state index in [0.717, 1.165) is 5.56 Å². The fraction of sp³-hybridized carbons (Fsp3) is 0.278. The fourth-order valence-electron chi connectivity index (χ4n) is 2.17. The number of amides is 1. The number of benzene rings is 1. The predicted molar refractivity (Wildman–Crippen MR) is 92.8 cm³/mol. The van der Waals surface area contributed by atoms with Gasteiger partial charge in [0.2, 0.25) is 5.91 Å². The molecule has 1 aromatic heterocycles. The molecule has 1 N–H and O–H groups in total. The number of hydrogen-bond acceptors (Lipinski definition) is 3. The van der Waals surface area contributed by atoms with Gasteiger partial charge in [0, 0.05) is 18.0 Å². The lowest BCUT2D eigenvalue weighted by atomic mass is 10.2. The van der Waals surface area contributed by atoms with Crippen molar-refractivity contribution in [3.63, 3.8) is 0 Å². The molecule has 0 atom stereocenters. The number of carbonyl (C=O) groups is 1. The van der Waals surface area contributed by atoms with Gasteiger partial charge in [0.1, 0.15) is 0 Å². The number of nitrogens with zero attached hydrogens (tertiary/aromatic N) is 1. The van der Waals surface area contributed by atoms with Gasteiger partial charge in [-0.25, -0.2) is 0 Å². The Morgan fingerprint density at radius 1 is 1.27 bits per heavy atom. The van der Waals surface area contributed by atoms with Crippen LogP contribution in [0.3, 0.4) is 0 Å². The zero-order valence-corrected chi connectivity index (χ0v) is 13.7. The first-order valence-corrected chi connectivity index (χ1v) is 8.25. The Morgan fingerprint density at radius 2 is 2.05 bits per heavy atom. The van der Waals surface area contributed by atoms with Gasteiger partial charge in [-0.3, -0.25) is 4.79 Å². The summed E-state index contributed by atoms with van der Waals surface area (Å²) < 4.78 is 0. The number of aryl methyl sites for hydroxylation is 1. The lowest BCUT2D eigenvalue weighted by Gasteiger charge is -2.23. The zero-order chi connectivity index (χ0) is 15.8. The normalized spacial score (nSPS) is 10.4. The lowest BCUT2D eigenvalue weighted by Crippen LogP contribution is -2.37. The van der Waals surface area contributed by atoms with E-state index < -0.39 is 0 Å². The Balaban J connectivity index is 2.07. The van der Waals surface area contributed by atoms with Crippen molar-refractivity contribution < 1.29 is 4.79 Å². The standard InChI is InChI=1S/C18H22N2OS/c1-3-10-19-12-18(21)20(13-16-7-5-4-6-8-16)14-17-15(2)9-11-22-17/h3-9,11,19H,1,10,12-14H2,2H3. The van der Waals surface area contributed by atoms with Crippen LogP contribution in [0.5, 0.6) is 0 Å². The van der Waals surface area contributed by atoms with Crippen LogP contribution >= 0.6 is 11.3 Å². The third kappa shape index (κ3) is 4.83. The molecule has 0 bridgehead atoms. The Bertz CT molecular complexity index is 607. The second-order valence-corrected chi connectivity index (χ2v) is 6.18. The van der Waals surface area contributed by atoms with Crippen LogP contribution in [0, 0.1) is 6.92 Å². The average molecular weight is 314 g/mol. The molecule has 22 heavy (non-hydrogen) atoms. The molecule has 0 saturated carbocycles. The third-order valence-corrected chi connectivity index (χ3v) is 4.44. The van der Waals surface area contributed by atoms with Gasteiger partial charge in [-0.05, 0) is 29.5 Å². The van der Waals surface area contributed by atoms with Gasteiger partial charge in [0.15, 0.2) is 0 Å². The largest absolute Gasteiger partial charge is 0.332 e. The number of hydrogen-bond donors (Lipinski definition) is 1. The minimum absolute atomic E-state index is 0.110. The van der Waals surface area contributed by atoms with E-state index in [2.05, 4.69) is 42.4 Å². The van der Waals surface area contributed by atoms with E-state index >= 15 is 0 Å². The lowest BCUT2D eigenvalue weighted by molar-refractivity contribution is -0.131. The molecule has 116 valence electrons. The van der Waals surface area contributed by atoms with Crippen molar-refractivity contribution >= 4 is 17.2 Å². The second-order valence-electron chi connectivity index (χ2n) is 5.18. The summed E-state index contributed by atoms with van der Waals surface area (Å²) in [5.41, 5.74) is 2.39. The Labute approximate surface area is 136 Å². The summed E-state index contributed by atoms with van der Waals surface area (Å²) in [6.45, 7) is 8.02. The highest BCUT2D eigenvalue weighted by Gasteiger charge is 2.15. The van der Waals surface area contributed by atoms with Crippen molar-refractivity contribution in [2.45, 2.75) is 20.0 Å². The number of nitrogens with one attached hydrogen (secondary N) is 1. The Kier molecular flexibility index (Phi) is 6.37. The van der Waals surface area contributed by atoms with Crippen LogP contribution in [0.25, 0.3) is 0 Å². The summed E-state index contributed by atoms with van der Waals surface area (Å²) in [5.74, 6) is 0.110. The molecule has 2 aromatic rings. The highest BCUT2D eigenvalue weighted by Crippen LogP contribution is 2.19. The van der Waals surface area contributed by atoms with E-state index in [1.54, 1.807) is 17.4 Å². The maximum atomic E-state index is 12.5. The van der Waals surface area contributed by atoms with Crippen LogP contribution < -0.4 is 5.32 Å². The molecule has 0 aliphatic carbocycles. The summed E-state index contributed by atoms with van der Waals surface area (Å²) in [6, 6.07) is 12.2. The van der Waals surface area contributed by atoms with Crippen LogP contribution in [0.4, 0.5) is 0 Å². The molecule has 0 unspecified atom stereocenters. The van der Waals surface area contributed by atoms with Crippen LogP contribution in [0.2, 0.25) is 0 Å². The fourth-order valence-corrected chi connectivity index (χ4v) is 3.09. The zero-order valence-electron chi connectivity index (χ0n) is 12.9. The maximum absolute atomic E-state index is 12.5. The predicted octanol–water partition coefficient (Wildman–Crippen LogP) is 3.36. The van der Waals surface area contributed by atoms with Crippen molar-refractivity contribution in [2.24, 2.45) is 0 Å². The van der Waals surface area contributed by atoms with Crippen LogP contribution in [0.15, 0.2) is 54.4 Å². The number of rotatable bonds is 8. The molecule has 0 aliphatic rings. The highest BCUT2D eigenvalue weighted by molar-refractivity contribution is 7.10.